The van der Waals surface area contributed by atoms with Gasteiger partial charge in [-0.1, -0.05) is 25.0 Å². The Hall–Kier alpha value is -1.02. The molecule has 82 valence electrons. The van der Waals surface area contributed by atoms with E-state index in [2.05, 4.69) is 24.4 Å². The van der Waals surface area contributed by atoms with Gasteiger partial charge in [-0.05, 0) is 37.5 Å². The summed E-state index contributed by atoms with van der Waals surface area (Å²) in [5.74, 6) is 0. The first-order chi connectivity index (χ1) is 7.25. The van der Waals surface area contributed by atoms with E-state index in [1.54, 1.807) is 0 Å². The molecule has 1 atom stereocenters. The van der Waals surface area contributed by atoms with Gasteiger partial charge in [-0.2, -0.15) is 0 Å². The van der Waals surface area contributed by atoms with Crippen LogP contribution in [0, 0.1) is 0 Å². The lowest BCUT2D eigenvalue weighted by Gasteiger charge is -2.19. The van der Waals surface area contributed by atoms with Crippen LogP contribution in [0.25, 0.3) is 0 Å². The fourth-order valence-electron chi connectivity index (χ4n) is 2.37. The van der Waals surface area contributed by atoms with E-state index in [4.69, 9.17) is 5.73 Å². The maximum absolute atomic E-state index is 5.78. The van der Waals surface area contributed by atoms with Crippen molar-refractivity contribution in [3.63, 3.8) is 0 Å². The number of hydrogen-bond acceptors (Lipinski definition) is 2. The van der Waals surface area contributed by atoms with Crippen LogP contribution in [-0.2, 0) is 0 Å². The Bertz CT molecular complexity index is 316. The minimum absolute atomic E-state index is 0.414. The molecular formula is C13H20N2. The molecule has 1 saturated carbocycles. The summed E-state index contributed by atoms with van der Waals surface area (Å²) in [7, 11) is 0. The third-order valence-corrected chi connectivity index (χ3v) is 3.25. The van der Waals surface area contributed by atoms with Crippen LogP contribution in [0.4, 0.5) is 5.69 Å². The molecule has 2 heteroatoms. The SMILES string of the molecule is CC(NC1CCCC1)c1cccc(N)c1. The Balaban J connectivity index is 1.97. The van der Waals surface area contributed by atoms with Gasteiger partial charge in [0.1, 0.15) is 0 Å². The summed E-state index contributed by atoms with van der Waals surface area (Å²) < 4.78 is 0. The molecule has 1 unspecified atom stereocenters. The van der Waals surface area contributed by atoms with Crippen molar-refractivity contribution in [3.05, 3.63) is 29.8 Å². The van der Waals surface area contributed by atoms with Gasteiger partial charge >= 0.3 is 0 Å². The first-order valence-corrected chi connectivity index (χ1v) is 5.87. The molecule has 3 N–H and O–H groups in total. The molecule has 0 heterocycles. The van der Waals surface area contributed by atoms with E-state index in [1.807, 2.05) is 12.1 Å². The lowest BCUT2D eigenvalue weighted by molar-refractivity contribution is 0.461. The van der Waals surface area contributed by atoms with Crippen molar-refractivity contribution in [1.82, 2.24) is 5.32 Å². The summed E-state index contributed by atoms with van der Waals surface area (Å²) in [6, 6.07) is 9.29. The number of nitrogens with two attached hydrogens (primary N) is 1. The number of anilines is 1. The number of nitrogen functional groups attached to an aromatic ring is 1. The van der Waals surface area contributed by atoms with Crippen molar-refractivity contribution in [2.45, 2.75) is 44.7 Å². The summed E-state index contributed by atoms with van der Waals surface area (Å²) in [5, 5.41) is 3.67. The first-order valence-electron chi connectivity index (χ1n) is 5.87. The van der Waals surface area contributed by atoms with Crippen LogP contribution in [0.2, 0.25) is 0 Å². The van der Waals surface area contributed by atoms with Gasteiger partial charge in [0.05, 0.1) is 0 Å². The predicted octanol–water partition coefficient (Wildman–Crippen LogP) is 2.86. The Kier molecular flexibility index (Phi) is 3.27. The van der Waals surface area contributed by atoms with E-state index < -0.39 is 0 Å². The molecule has 0 aromatic heterocycles. The molecule has 0 radical (unpaired) electrons. The molecule has 1 aromatic rings. The van der Waals surface area contributed by atoms with Crippen LogP contribution in [-0.4, -0.2) is 6.04 Å². The number of hydrogen-bond donors (Lipinski definition) is 2. The molecule has 0 aliphatic heterocycles. The van der Waals surface area contributed by atoms with E-state index in [0.29, 0.717) is 12.1 Å². The average Bonchev–Trinajstić information content (AvgIpc) is 2.70. The number of rotatable bonds is 3. The van der Waals surface area contributed by atoms with E-state index in [9.17, 15) is 0 Å². The van der Waals surface area contributed by atoms with Crippen LogP contribution in [0.3, 0.4) is 0 Å². The van der Waals surface area contributed by atoms with Gasteiger partial charge in [0.25, 0.3) is 0 Å². The summed E-state index contributed by atoms with van der Waals surface area (Å²) in [4.78, 5) is 0. The van der Waals surface area contributed by atoms with Gasteiger partial charge in [0.2, 0.25) is 0 Å². The van der Waals surface area contributed by atoms with Crippen LogP contribution in [0.1, 0.15) is 44.2 Å². The fraction of sp³-hybridized carbons (Fsp3) is 0.538. The van der Waals surface area contributed by atoms with Gasteiger partial charge in [0, 0.05) is 17.8 Å². The normalized spacial score (nSPS) is 19.3. The molecular weight excluding hydrogens is 184 g/mol. The molecule has 0 spiro atoms. The first kappa shape index (κ1) is 10.5. The summed E-state index contributed by atoms with van der Waals surface area (Å²) in [6.45, 7) is 2.22. The zero-order valence-electron chi connectivity index (χ0n) is 9.37. The standard InChI is InChI=1S/C13H20N2/c1-10(15-13-7-2-3-8-13)11-5-4-6-12(14)9-11/h4-6,9-10,13,15H,2-3,7-8,14H2,1H3. The fourth-order valence-corrected chi connectivity index (χ4v) is 2.37. The topological polar surface area (TPSA) is 38.0 Å². The van der Waals surface area contributed by atoms with Crippen molar-refractivity contribution in [1.29, 1.82) is 0 Å². The number of benzene rings is 1. The smallest absolute Gasteiger partial charge is 0.0317 e. The van der Waals surface area contributed by atoms with Crippen LogP contribution >= 0.6 is 0 Å². The van der Waals surface area contributed by atoms with E-state index >= 15 is 0 Å². The van der Waals surface area contributed by atoms with Crippen molar-refractivity contribution in [3.8, 4) is 0 Å². The highest BCUT2D eigenvalue weighted by molar-refractivity contribution is 5.41. The lowest BCUT2D eigenvalue weighted by Crippen LogP contribution is -2.28. The third-order valence-electron chi connectivity index (χ3n) is 3.25. The third kappa shape index (κ3) is 2.72. The van der Waals surface area contributed by atoms with E-state index in [1.165, 1.54) is 31.2 Å². The molecule has 2 rings (SSSR count). The Morgan fingerprint density at radius 1 is 1.33 bits per heavy atom. The second kappa shape index (κ2) is 4.67. The van der Waals surface area contributed by atoms with Crippen LogP contribution in [0.5, 0.6) is 0 Å². The van der Waals surface area contributed by atoms with E-state index in [-0.39, 0.29) is 0 Å². The maximum Gasteiger partial charge on any atom is 0.0317 e. The molecule has 0 amide bonds. The van der Waals surface area contributed by atoms with Crippen molar-refractivity contribution in [2.24, 2.45) is 0 Å². The molecule has 1 aromatic carbocycles. The Morgan fingerprint density at radius 2 is 2.07 bits per heavy atom. The van der Waals surface area contributed by atoms with Crippen molar-refractivity contribution < 1.29 is 0 Å². The second-order valence-electron chi connectivity index (χ2n) is 4.54. The van der Waals surface area contributed by atoms with Gasteiger partial charge in [-0.3, -0.25) is 0 Å². The van der Waals surface area contributed by atoms with Gasteiger partial charge in [-0.15, -0.1) is 0 Å². The minimum Gasteiger partial charge on any atom is -0.399 e. The van der Waals surface area contributed by atoms with E-state index in [0.717, 1.165) is 5.69 Å². The summed E-state index contributed by atoms with van der Waals surface area (Å²) >= 11 is 0. The van der Waals surface area contributed by atoms with Crippen molar-refractivity contribution in [2.75, 3.05) is 5.73 Å². The summed E-state index contributed by atoms with van der Waals surface area (Å²) in [5.41, 5.74) is 7.92. The Morgan fingerprint density at radius 3 is 2.73 bits per heavy atom. The summed E-state index contributed by atoms with van der Waals surface area (Å²) in [6.07, 6.45) is 5.40. The van der Waals surface area contributed by atoms with Gasteiger partial charge in [-0.25, -0.2) is 0 Å². The zero-order chi connectivity index (χ0) is 10.7. The lowest BCUT2D eigenvalue weighted by atomic mass is 10.1. The highest BCUT2D eigenvalue weighted by Crippen LogP contribution is 2.22. The second-order valence-corrected chi connectivity index (χ2v) is 4.54. The van der Waals surface area contributed by atoms with Crippen LogP contribution in [0.15, 0.2) is 24.3 Å². The Labute approximate surface area is 91.9 Å². The molecule has 0 bridgehead atoms. The molecule has 0 saturated heterocycles. The van der Waals surface area contributed by atoms with Gasteiger partial charge < -0.3 is 11.1 Å². The van der Waals surface area contributed by atoms with Gasteiger partial charge in [0.15, 0.2) is 0 Å². The zero-order valence-corrected chi connectivity index (χ0v) is 9.37. The number of nitrogens with one attached hydrogen (secondary N) is 1. The molecule has 2 nitrogen and oxygen atoms in total. The highest BCUT2D eigenvalue weighted by atomic mass is 14.9. The monoisotopic (exact) mass is 204 g/mol. The predicted molar refractivity (Wildman–Crippen MR) is 64.7 cm³/mol. The van der Waals surface area contributed by atoms with Crippen molar-refractivity contribution >= 4 is 5.69 Å². The minimum atomic E-state index is 0.414. The largest absolute Gasteiger partial charge is 0.399 e. The molecule has 15 heavy (non-hydrogen) atoms. The molecule has 1 fully saturated rings. The highest BCUT2D eigenvalue weighted by Gasteiger charge is 2.17. The maximum atomic E-state index is 5.78. The molecule has 1 aliphatic rings. The molecule has 1 aliphatic carbocycles. The van der Waals surface area contributed by atoms with Crippen LogP contribution < -0.4 is 11.1 Å². The average molecular weight is 204 g/mol. The quantitative estimate of drug-likeness (QED) is 0.743.